The summed E-state index contributed by atoms with van der Waals surface area (Å²) in [7, 11) is 0. The van der Waals surface area contributed by atoms with Crippen molar-refractivity contribution in [1.29, 1.82) is 0 Å². The molecule has 0 spiro atoms. The van der Waals surface area contributed by atoms with Crippen molar-refractivity contribution in [3.8, 4) is 22.8 Å². The number of H-pyrrole nitrogens is 1. The van der Waals surface area contributed by atoms with Crippen LogP contribution in [0.15, 0.2) is 42.9 Å². The second-order valence-corrected chi connectivity index (χ2v) is 7.64. The first-order valence-corrected chi connectivity index (χ1v) is 9.99. The van der Waals surface area contributed by atoms with E-state index in [1.807, 2.05) is 0 Å². The number of nitrogens with zero attached hydrogens (tertiary/aromatic N) is 4. The van der Waals surface area contributed by atoms with Crippen LogP contribution in [0.3, 0.4) is 0 Å². The monoisotopic (exact) mass is 407 g/mol. The molecular weight excluding hydrogens is 385 g/mol. The highest BCUT2D eigenvalue weighted by atomic mass is 19.1. The molecule has 3 aromatic heterocycles. The van der Waals surface area contributed by atoms with Crippen molar-refractivity contribution >= 4 is 16.9 Å². The third-order valence-corrected chi connectivity index (χ3v) is 5.60. The highest BCUT2D eigenvalue weighted by Crippen LogP contribution is 2.33. The van der Waals surface area contributed by atoms with E-state index in [1.165, 1.54) is 12.1 Å². The minimum atomic E-state index is -0.308. The molecule has 5 rings (SSSR count). The van der Waals surface area contributed by atoms with E-state index in [4.69, 9.17) is 5.73 Å². The topological polar surface area (TPSA) is 118 Å². The average Bonchev–Trinajstić information content (AvgIpc) is 3.37. The fourth-order valence-corrected chi connectivity index (χ4v) is 3.98. The number of nitrogens with two attached hydrogens (primary N) is 1. The first-order valence-electron chi connectivity index (χ1n) is 9.99. The van der Waals surface area contributed by atoms with Gasteiger partial charge in [-0.15, -0.1) is 0 Å². The number of fused-ring (bicyclic) bond motifs is 1. The maximum atomic E-state index is 13.2. The molecule has 1 aromatic carbocycles. The van der Waals surface area contributed by atoms with E-state index in [9.17, 15) is 9.50 Å². The molecule has 3 heterocycles. The Bertz CT molecular complexity index is 1180. The summed E-state index contributed by atoms with van der Waals surface area (Å²) in [5.74, 6) is 0.154. The van der Waals surface area contributed by atoms with Crippen LogP contribution in [0.5, 0.6) is 5.88 Å². The van der Waals surface area contributed by atoms with Gasteiger partial charge in [0.25, 0.3) is 0 Å². The molecule has 2 unspecified atom stereocenters. The van der Waals surface area contributed by atoms with Gasteiger partial charge in [0.2, 0.25) is 5.95 Å². The van der Waals surface area contributed by atoms with E-state index in [1.54, 1.807) is 35.4 Å². The summed E-state index contributed by atoms with van der Waals surface area (Å²) in [5.41, 5.74) is 8.84. The summed E-state index contributed by atoms with van der Waals surface area (Å²) in [6.07, 6.45) is 9.30. The van der Waals surface area contributed by atoms with Crippen molar-refractivity contribution in [3.63, 3.8) is 0 Å². The van der Waals surface area contributed by atoms with E-state index in [-0.39, 0.29) is 23.8 Å². The number of nitrogens with one attached hydrogen (secondary N) is 2. The molecule has 1 aliphatic rings. The van der Waals surface area contributed by atoms with E-state index < -0.39 is 0 Å². The zero-order chi connectivity index (χ0) is 20.7. The Morgan fingerprint density at radius 1 is 1.17 bits per heavy atom. The van der Waals surface area contributed by atoms with Crippen LogP contribution in [0.1, 0.15) is 25.7 Å². The van der Waals surface area contributed by atoms with Crippen LogP contribution >= 0.6 is 0 Å². The van der Waals surface area contributed by atoms with Crippen molar-refractivity contribution < 1.29 is 9.50 Å². The Morgan fingerprint density at radius 2 is 1.97 bits per heavy atom. The van der Waals surface area contributed by atoms with Gasteiger partial charge in [0.1, 0.15) is 5.82 Å². The number of benzene rings is 1. The van der Waals surface area contributed by atoms with Crippen LogP contribution in [0.2, 0.25) is 0 Å². The van der Waals surface area contributed by atoms with Gasteiger partial charge in [0.05, 0.1) is 28.5 Å². The van der Waals surface area contributed by atoms with Crippen molar-refractivity contribution in [3.05, 3.63) is 48.7 Å². The Kier molecular flexibility index (Phi) is 4.59. The standard InChI is InChI=1S/C21H22FN7O/c22-13-5-7-14(8-6-13)29-11-12(9-25-29)19-18-17(10-24-20(18)30)27-21(28-19)26-16-4-2-1-3-15(16)23/h5-11,15-16,24,30H,1-4,23H2,(H,26,27). The predicted octanol–water partition coefficient (Wildman–Crippen LogP) is 3.34. The SMILES string of the molecule is NC1CCCCC1Nc1nc(-c2cnn(-c3ccc(F)cc3)c2)c2c(O)[nH]cc2n1. The first-order chi connectivity index (χ1) is 14.6. The molecular formula is C21H22FN7O. The van der Waals surface area contributed by atoms with Gasteiger partial charge in [-0.1, -0.05) is 12.8 Å². The molecule has 154 valence electrons. The maximum Gasteiger partial charge on any atom is 0.224 e. The average molecular weight is 407 g/mol. The fraction of sp³-hybridized carbons (Fsp3) is 0.286. The third kappa shape index (κ3) is 3.37. The summed E-state index contributed by atoms with van der Waals surface area (Å²) >= 11 is 0. The molecule has 0 aliphatic heterocycles. The number of hydrogen-bond donors (Lipinski definition) is 4. The lowest BCUT2D eigenvalue weighted by Gasteiger charge is -2.29. The molecule has 0 saturated heterocycles. The van der Waals surface area contributed by atoms with Gasteiger partial charge in [-0.3, -0.25) is 0 Å². The van der Waals surface area contributed by atoms with Crippen molar-refractivity contribution in [2.75, 3.05) is 5.32 Å². The molecule has 2 atom stereocenters. The van der Waals surface area contributed by atoms with E-state index in [2.05, 4.69) is 25.4 Å². The molecule has 8 nitrogen and oxygen atoms in total. The zero-order valence-corrected chi connectivity index (χ0v) is 16.2. The third-order valence-electron chi connectivity index (χ3n) is 5.60. The summed E-state index contributed by atoms with van der Waals surface area (Å²) in [6, 6.07) is 6.22. The molecule has 4 aromatic rings. The van der Waals surface area contributed by atoms with Crippen LogP contribution < -0.4 is 11.1 Å². The largest absolute Gasteiger partial charge is 0.494 e. The number of aromatic hydroxyl groups is 1. The van der Waals surface area contributed by atoms with Gasteiger partial charge in [-0.25, -0.2) is 19.0 Å². The van der Waals surface area contributed by atoms with Crippen molar-refractivity contribution in [1.82, 2.24) is 24.7 Å². The molecule has 9 heteroatoms. The molecule has 0 bridgehead atoms. The number of hydrogen-bond acceptors (Lipinski definition) is 6. The molecule has 1 fully saturated rings. The Hall–Kier alpha value is -3.46. The molecule has 5 N–H and O–H groups in total. The predicted molar refractivity (Wildman–Crippen MR) is 112 cm³/mol. The number of rotatable bonds is 4. The molecule has 1 aliphatic carbocycles. The van der Waals surface area contributed by atoms with Crippen molar-refractivity contribution in [2.45, 2.75) is 37.8 Å². The van der Waals surface area contributed by atoms with Gasteiger partial charge >= 0.3 is 0 Å². The van der Waals surface area contributed by atoms with Gasteiger partial charge in [-0.2, -0.15) is 5.10 Å². The smallest absolute Gasteiger partial charge is 0.224 e. The molecule has 0 radical (unpaired) electrons. The number of halogens is 1. The minimum absolute atomic E-state index is 0.00421. The number of anilines is 1. The lowest BCUT2D eigenvalue weighted by Crippen LogP contribution is -2.42. The summed E-state index contributed by atoms with van der Waals surface area (Å²) < 4.78 is 14.9. The highest BCUT2D eigenvalue weighted by molar-refractivity contribution is 5.97. The summed E-state index contributed by atoms with van der Waals surface area (Å²) in [5, 5.41) is 18.6. The first kappa shape index (κ1) is 18.6. The summed E-state index contributed by atoms with van der Waals surface area (Å²) in [6.45, 7) is 0. The molecule has 0 amide bonds. The van der Waals surface area contributed by atoms with Gasteiger partial charge in [0.15, 0.2) is 5.88 Å². The molecule has 30 heavy (non-hydrogen) atoms. The second-order valence-electron chi connectivity index (χ2n) is 7.64. The highest BCUT2D eigenvalue weighted by Gasteiger charge is 2.24. The maximum absolute atomic E-state index is 13.2. The number of aromatic nitrogens is 5. The fourth-order valence-electron chi connectivity index (χ4n) is 3.98. The molecule has 1 saturated carbocycles. The lowest BCUT2D eigenvalue weighted by molar-refractivity contribution is 0.402. The van der Waals surface area contributed by atoms with Crippen LogP contribution in [0.25, 0.3) is 27.8 Å². The Labute approximate surface area is 172 Å². The van der Waals surface area contributed by atoms with E-state index in [0.29, 0.717) is 28.1 Å². The van der Waals surface area contributed by atoms with E-state index in [0.717, 1.165) is 31.4 Å². The van der Waals surface area contributed by atoms with Crippen LogP contribution in [-0.4, -0.2) is 41.9 Å². The Balaban J connectivity index is 1.54. The summed E-state index contributed by atoms with van der Waals surface area (Å²) in [4.78, 5) is 12.0. The van der Waals surface area contributed by atoms with Gasteiger partial charge in [0, 0.05) is 30.0 Å². The quantitative estimate of drug-likeness (QED) is 0.412. The van der Waals surface area contributed by atoms with Crippen molar-refractivity contribution in [2.24, 2.45) is 5.73 Å². The van der Waals surface area contributed by atoms with Crippen LogP contribution in [-0.2, 0) is 0 Å². The zero-order valence-electron chi connectivity index (χ0n) is 16.2. The van der Waals surface area contributed by atoms with E-state index >= 15 is 0 Å². The lowest BCUT2D eigenvalue weighted by atomic mass is 9.91. The normalized spacial score (nSPS) is 19.3. The van der Waals surface area contributed by atoms with Crippen LogP contribution in [0, 0.1) is 5.82 Å². The second kappa shape index (κ2) is 7.42. The van der Waals surface area contributed by atoms with Crippen LogP contribution in [0.4, 0.5) is 10.3 Å². The Morgan fingerprint density at radius 3 is 2.77 bits per heavy atom. The van der Waals surface area contributed by atoms with Gasteiger partial charge in [-0.05, 0) is 37.1 Å². The minimum Gasteiger partial charge on any atom is -0.494 e. The van der Waals surface area contributed by atoms with Gasteiger partial charge < -0.3 is 21.1 Å². The number of aromatic amines is 1.